The number of hydrogen-bond acceptors (Lipinski definition) is 4. The quantitative estimate of drug-likeness (QED) is 0.605. The van der Waals surface area contributed by atoms with E-state index in [0.717, 1.165) is 12.8 Å². The Labute approximate surface area is 169 Å². The molecule has 1 aliphatic carbocycles. The maximum Gasteiger partial charge on any atom is 0.203 e. The highest BCUT2D eigenvalue weighted by Crippen LogP contribution is 2.55. The summed E-state index contributed by atoms with van der Waals surface area (Å²) < 4.78 is 16.8. The second-order valence-electron chi connectivity index (χ2n) is 7.91. The standard InChI is InChI=1S/C24H33NO3/c1-7-24(25(2)3,16-18-13-20(18)17-11-9-8-10-12-17)19-14-21(26-4)23(28-6)22(15-19)27-5/h8-12,14-15,18,20H,7,13,16H2,1-6H3/t18-,20-,24?/m0/s1. The second kappa shape index (κ2) is 8.44. The summed E-state index contributed by atoms with van der Waals surface area (Å²) in [6, 6.07) is 15.1. The lowest BCUT2D eigenvalue weighted by molar-refractivity contribution is 0.122. The van der Waals surface area contributed by atoms with Crippen LogP contribution in [0.15, 0.2) is 42.5 Å². The summed E-state index contributed by atoms with van der Waals surface area (Å²) in [4.78, 5) is 2.36. The summed E-state index contributed by atoms with van der Waals surface area (Å²) in [5.74, 6) is 3.42. The topological polar surface area (TPSA) is 30.9 Å². The molecule has 0 amide bonds. The van der Waals surface area contributed by atoms with Crippen LogP contribution in [0, 0.1) is 5.92 Å². The van der Waals surface area contributed by atoms with Gasteiger partial charge in [0.15, 0.2) is 11.5 Å². The summed E-state index contributed by atoms with van der Waals surface area (Å²) in [6.07, 6.45) is 3.37. The lowest BCUT2D eigenvalue weighted by atomic mass is 9.80. The van der Waals surface area contributed by atoms with E-state index in [2.05, 4.69) is 68.4 Å². The number of methoxy groups -OCH3 is 3. The Bertz CT molecular complexity index is 765. The van der Waals surface area contributed by atoms with Crippen LogP contribution in [-0.4, -0.2) is 40.3 Å². The first kappa shape index (κ1) is 20.5. The predicted molar refractivity (Wildman–Crippen MR) is 114 cm³/mol. The monoisotopic (exact) mass is 383 g/mol. The van der Waals surface area contributed by atoms with Crippen LogP contribution in [0.3, 0.4) is 0 Å². The summed E-state index contributed by atoms with van der Waals surface area (Å²) in [6.45, 7) is 2.27. The molecule has 1 aliphatic rings. The van der Waals surface area contributed by atoms with Crippen molar-refractivity contribution in [3.63, 3.8) is 0 Å². The summed E-state index contributed by atoms with van der Waals surface area (Å²) in [5.41, 5.74) is 2.59. The maximum atomic E-state index is 5.63. The Hall–Kier alpha value is -2.20. The summed E-state index contributed by atoms with van der Waals surface area (Å²) >= 11 is 0. The highest BCUT2D eigenvalue weighted by molar-refractivity contribution is 5.55. The zero-order chi connectivity index (χ0) is 20.3. The number of benzene rings is 2. The average Bonchev–Trinajstić information content (AvgIpc) is 3.50. The molecule has 0 radical (unpaired) electrons. The molecule has 28 heavy (non-hydrogen) atoms. The zero-order valence-corrected chi connectivity index (χ0v) is 18.0. The minimum Gasteiger partial charge on any atom is -0.493 e. The highest BCUT2D eigenvalue weighted by Gasteiger charge is 2.46. The molecule has 1 unspecified atom stereocenters. The molecule has 0 bridgehead atoms. The molecule has 0 heterocycles. The van der Waals surface area contributed by atoms with Gasteiger partial charge in [-0.3, -0.25) is 4.90 Å². The third-order valence-electron chi connectivity index (χ3n) is 6.39. The summed E-state index contributed by atoms with van der Waals surface area (Å²) in [7, 11) is 9.35. The van der Waals surface area contributed by atoms with Gasteiger partial charge in [-0.1, -0.05) is 37.3 Å². The first-order valence-electron chi connectivity index (χ1n) is 10.0. The molecule has 152 valence electrons. The molecule has 0 spiro atoms. The Morgan fingerprint density at radius 2 is 1.57 bits per heavy atom. The van der Waals surface area contributed by atoms with Crippen molar-refractivity contribution in [1.82, 2.24) is 4.90 Å². The first-order valence-corrected chi connectivity index (χ1v) is 10.0. The third kappa shape index (κ3) is 3.70. The Balaban J connectivity index is 1.96. The second-order valence-corrected chi connectivity index (χ2v) is 7.91. The van der Waals surface area contributed by atoms with Gasteiger partial charge in [-0.15, -0.1) is 0 Å². The van der Waals surface area contributed by atoms with E-state index < -0.39 is 0 Å². The molecule has 1 saturated carbocycles. The first-order chi connectivity index (χ1) is 13.5. The van der Waals surface area contributed by atoms with Crippen LogP contribution in [0.1, 0.15) is 43.2 Å². The zero-order valence-electron chi connectivity index (χ0n) is 18.0. The Kier molecular flexibility index (Phi) is 6.19. The largest absolute Gasteiger partial charge is 0.493 e. The van der Waals surface area contributed by atoms with Gasteiger partial charge < -0.3 is 14.2 Å². The van der Waals surface area contributed by atoms with Crippen molar-refractivity contribution in [3.8, 4) is 17.2 Å². The van der Waals surface area contributed by atoms with Crippen molar-refractivity contribution in [1.29, 1.82) is 0 Å². The van der Waals surface area contributed by atoms with Crippen LogP contribution in [0.2, 0.25) is 0 Å². The molecular formula is C24H33NO3. The van der Waals surface area contributed by atoms with Crippen molar-refractivity contribution >= 4 is 0 Å². The summed E-state index contributed by atoms with van der Waals surface area (Å²) in [5, 5.41) is 0. The molecule has 2 aromatic carbocycles. The van der Waals surface area contributed by atoms with Gasteiger partial charge >= 0.3 is 0 Å². The van der Waals surface area contributed by atoms with E-state index in [1.54, 1.807) is 21.3 Å². The maximum absolute atomic E-state index is 5.63. The van der Waals surface area contributed by atoms with Crippen molar-refractivity contribution < 1.29 is 14.2 Å². The SMILES string of the molecule is CCC(C[C@@H]1C[C@H]1c1ccccc1)(c1cc(OC)c(OC)c(OC)c1)N(C)C. The van der Waals surface area contributed by atoms with E-state index in [1.807, 2.05) is 0 Å². The lowest BCUT2D eigenvalue weighted by Gasteiger charge is -2.41. The van der Waals surface area contributed by atoms with Crippen molar-refractivity contribution in [2.45, 2.75) is 37.6 Å². The highest BCUT2D eigenvalue weighted by atomic mass is 16.5. The van der Waals surface area contributed by atoms with Crippen molar-refractivity contribution in [2.24, 2.45) is 5.92 Å². The van der Waals surface area contributed by atoms with E-state index >= 15 is 0 Å². The molecule has 0 aliphatic heterocycles. The lowest BCUT2D eigenvalue weighted by Crippen LogP contribution is -2.41. The van der Waals surface area contributed by atoms with Crippen LogP contribution in [0.5, 0.6) is 17.2 Å². The molecule has 0 N–H and O–H groups in total. The van der Waals surface area contributed by atoms with Crippen LogP contribution in [-0.2, 0) is 5.54 Å². The molecule has 1 fully saturated rings. The fourth-order valence-corrected chi connectivity index (χ4v) is 4.59. The average molecular weight is 384 g/mol. The van der Waals surface area contributed by atoms with Gasteiger partial charge in [0.05, 0.1) is 21.3 Å². The Morgan fingerprint density at radius 3 is 2.04 bits per heavy atom. The van der Waals surface area contributed by atoms with E-state index in [1.165, 1.54) is 17.5 Å². The minimum absolute atomic E-state index is 0.0823. The van der Waals surface area contributed by atoms with Gasteiger partial charge in [-0.2, -0.15) is 0 Å². The number of hydrogen-bond donors (Lipinski definition) is 0. The van der Waals surface area contributed by atoms with Crippen LogP contribution >= 0.6 is 0 Å². The minimum atomic E-state index is -0.0823. The van der Waals surface area contributed by atoms with Gasteiger partial charge in [0.2, 0.25) is 5.75 Å². The van der Waals surface area contributed by atoms with Gasteiger partial charge in [-0.25, -0.2) is 0 Å². The van der Waals surface area contributed by atoms with Crippen LogP contribution in [0.4, 0.5) is 0 Å². The van der Waals surface area contributed by atoms with Gasteiger partial charge in [0, 0.05) is 5.54 Å². The normalized spacial score (nSPS) is 20.5. The molecule has 3 atom stereocenters. The van der Waals surface area contributed by atoms with E-state index in [-0.39, 0.29) is 5.54 Å². The predicted octanol–water partition coefficient (Wildman–Crippen LogP) is 5.07. The Morgan fingerprint density at radius 1 is 0.964 bits per heavy atom. The van der Waals surface area contributed by atoms with Gasteiger partial charge in [0.25, 0.3) is 0 Å². The molecule has 4 nitrogen and oxygen atoms in total. The molecule has 4 heteroatoms. The fourth-order valence-electron chi connectivity index (χ4n) is 4.59. The fraction of sp³-hybridized carbons (Fsp3) is 0.500. The van der Waals surface area contributed by atoms with E-state index in [0.29, 0.717) is 29.1 Å². The van der Waals surface area contributed by atoms with Gasteiger partial charge in [-0.05, 0) is 68.5 Å². The molecule has 2 aromatic rings. The molecule has 0 aromatic heterocycles. The number of nitrogens with zero attached hydrogens (tertiary/aromatic N) is 1. The smallest absolute Gasteiger partial charge is 0.203 e. The molecule has 3 rings (SSSR count). The van der Waals surface area contributed by atoms with E-state index in [9.17, 15) is 0 Å². The van der Waals surface area contributed by atoms with Crippen LogP contribution in [0.25, 0.3) is 0 Å². The number of ether oxygens (including phenoxy) is 3. The third-order valence-corrected chi connectivity index (χ3v) is 6.39. The van der Waals surface area contributed by atoms with Crippen molar-refractivity contribution in [3.05, 3.63) is 53.6 Å². The molecular weight excluding hydrogens is 350 g/mol. The number of rotatable bonds is 9. The van der Waals surface area contributed by atoms with E-state index in [4.69, 9.17) is 14.2 Å². The van der Waals surface area contributed by atoms with Crippen LogP contribution < -0.4 is 14.2 Å². The van der Waals surface area contributed by atoms with Gasteiger partial charge in [0.1, 0.15) is 0 Å². The van der Waals surface area contributed by atoms with Crippen molar-refractivity contribution in [2.75, 3.05) is 35.4 Å². The molecule has 0 saturated heterocycles.